The molecule has 0 aromatic heterocycles. The molecule has 1 aromatic rings. The third-order valence-electron chi connectivity index (χ3n) is 7.82. The number of fused-ring (bicyclic) bond motifs is 1. The Balaban J connectivity index is 1.24. The number of carbonyl (C=O) groups excluding carboxylic acids is 3. The van der Waals surface area contributed by atoms with Gasteiger partial charge in [0, 0.05) is 18.5 Å². The minimum absolute atomic E-state index is 0.0507. The van der Waals surface area contributed by atoms with Crippen LogP contribution in [0.15, 0.2) is 30.5 Å². The van der Waals surface area contributed by atoms with Crippen LogP contribution < -0.4 is 0 Å². The van der Waals surface area contributed by atoms with Gasteiger partial charge in [0.25, 0.3) is 0 Å². The van der Waals surface area contributed by atoms with E-state index in [1.165, 1.54) is 26.2 Å². The van der Waals surface area contributed by atoms with Gasteiger partial charge in [-0.05, 0) is 73.5 Å². The molecule has 5 aliphatic rings. The van der Waals surface area contributed by atoms with E-state index in [1.54, 1.807) is 11.1 Å². The van der Waals surface area contributed by atoms with Crippen LogP contribution in [0, 0.1) is 23.2 Å². The molecule has 158 valence electrons. The molecule has 4 aliphatic carbocycles. The summed E-state index contributed by atoms with van der Waals surface area (Å²) in [6, 6.07) is 7.36. The van der Waals surface area contributed by atoms with Crippen LogP contribution in [0.1, 0.15) is 69.0 Å². The minimum atomic E-state index is -0.422. The molecule has 0 spiro atoms. The Bertz CT molecular complexity index is 882. The van der Waals surface area contributed by atoms with Gasteiger partial charge in [0.15, 0.2) is 12.4 Å². The van der Waals surface area contributed by atoms with Crippen molar-refractivity contribution in [1.29, 1.82) is 0 Å². The zero-order chi connectivity index (χ0) is 20.9. The van der Waals surface area contributed by atoms with E-state index in [9.17, 15) is 14.4 Å². The second-order valence-electron chi connectivity index (χ2n) is 9.87. The van der Waals surface area contributed by atoms with Gasteiger partial charge in [0.05, 0.1) is 12.5 Å². The molecule has 4 bridgehead atoms. The molecule has 1 aromatic carbocycles. The lowest BCUT2D eigenvalue weighted by molar-refractivity contribution is -0.158. The third-order valence-corrected chi connectivity index (χ3v) is 7.82. The third kappa shape index (κ3) is 3.38. The standard InChI is InChI=1S/C25H29NO4/c1-16(27)26-7-6-20-4-2-3-5-21(20)22(26)11-24(29)30-15-23(28)25-12-17-8-18(13-25)10-19(9-17)14-25/h2-7,17-19,22H,8-15H2,1H3/t17?,18?,19?,22-,25?/m0/s1. The predicted octanol–water partition coefficient (Wildman–Crippen LogP) is 4.28. The van der Waals surface area contributed by atoms with Crippen LogP contribution in [0.2, 0.25) is 0 Å². The monoisotopic (exact) mass is 407 g/mol. The molecule has 0 N–H and O–H groups in total. The minimum Gasteiger partial charge on any atom is -0.458 e. The van der Waals surface area contributed by atoms with Gasteiger partial charge in [-0.2, -0.15) is 0 Å². The Morgan fingerprint density at radius 2 is 1.67 bits per heavy atom. The van der Waals surface area contributed by atoms with Gasteiger partial charge >= 0.3 is 5.97 Å². The number of amides is 1. The topological polar surface area (TPSA) is 63.7 Å². The molecule has 1 amide bonds. The van der Waals surface area contributed by atoms with Gasteiger partial charge in [-0.3, -0.25) is 14.4 Å². The van der Waals surface area contributed by atoms with Crippen molar-refractivity contribution in [2.45, 2.75) is 57.9 Å². The second kappa shape index (κ2) is 7.36. The Morgan fingerprint density at radius 3 is 2.30 bits per heavy atom. The van der Waals surface area contributed by atoms with Crippen molar-refractivity contribution in [3.8, 4) is 0 Å². The molecular formula is C25H29NO4. The number of ketones is 1. The summed E-state index contributed by atoms with van der Waals surface area (Å²) in [7, 11) is 0. The molecule has 5 heteroatoms. The van der Waals surface area contributed by atoms with Crippen LogP contribution in [0.3, 0.4) is 0 Å². The summed E-state index contributed by atoms with van der Waals surface area (Å²) < 4.78 is 5.49. The number of Topliss-reactive ketones (excluding diaryl/α,β-unsaturated/α-hetero) is 1. The highest BCUT2D eigenvalue weighted by Crippen LogP contribution is 2.60. The van der Waals surface area contributed by atoms with Crippen molar-refractivity contribution < 1.29 is 19.1 Å². The van der Waals surface area contributed by atoms with Gasteiger partial charge in [0.2, 0.25) is 5.91 Å². The van der Waals surface area contributed by atoms with Crippen molar-refractivity contribution >= 4 is 23.7 Å². The molecule has 0 unspecified atom stereocenters. The zero-order valence-electron chi connectivity index (χ0n) is 17.5. The summed E-state index contributed by atoms with van der Waals surface area (Å²) in [5.74, 6) is 1.63. The maximum absolute atomic E-state index is 13.1. The van der Waals surface area contributed by atoms with E-state index in [0.29, 0.717) is 17.8 Å². The van der Waals surface area contributed by atoms with Crippen LogP contribution in [-0.4, -0.2) is 29.2 Å². The van der Waals surface area contributed by atoms with Crippen LogP contribution in [0.4, 0.5) is 0 Å². The van der Waals surface area contributed by atoms with Gasteiger partial charge in [-0.25, -0.2) is 0 Å². The molecule has 4 saturated carbocycles. The van der Waals surface area contributed by atoms with Gasteiger partial charge in [0.1, 0.15) is 0 Å². The van der Waals surface area contributed by atoms with Crippen LogP contribution >= 0.6 is 0 Å². The molecule has 30 heavy (non-hydrogen) atoms. The van der Waals surface area contributed by atoms with Crippen LogP contribution in [0.5, 0.6) is 0 Å². The molecular weight excluding hydrogens is 378 g/mol. The van der Waals surface area contributed by atoms with E-state index < -0.39 is 12.0 Å². The van der Waals surface area contributed by atoms with E-state index in [2.05, 4.69) is 0 Å². The number of carbonyl (C=O) groups is 3. The summed E-state index contributed by atoms with van der Waals surface area (Å²) in [4.78, 5) is 39.5. The van der Waals surface area contributed by atoms with E-state index >= 15 is 0 Å². The first-order valence-electron chi connectivity index (χ1n) is 11.2. The Labute approximate surface area is 177 Å². The maximum atomic E-state index is 13.1. The summed E-state index contributed by atoms with van der Waals surface area (Å²) in [6.45, 7) is 1.36. The normalized spacial score (nSPS) is 33.3. The average Bonchev–Trinajstić information content (AvgIpc) is 2.71. The van der Waals surface area contributed by atoms with E-state index in [4.69, 9.17) is 4.74 Å². The number of esters is 1. The lowest BCUT2D eigenvalue weighted by Gasteiger charge is -2.55. The lowest BCUT2D eigenvalue weighted by Crippen LogP contribution is -2.51. The summed E-state index contributed by atoms with van der Waals surface area (Å²) in [5.41, 5.74) is 1.68. The number of ether oxygens (including phenoxy) is 1. The fraction of sp³-hybridized carbons (Fsp3) is 0.560. The maximum Gasteiger partial charge on any atom is 0.308 e. The number of nitrogens with zero attached hydrogens (tertiary/aromatic N) is 1. The molecule has 0 saturated heterocycles. The van der Waals surface area contributed by atoms with E-state index in [0.717, 1.165) is 30.4 Å². The predicted molar refractivity (Wildman–Crippen MR) is 112 cm³/mol. The summed E-state index contributed by atoms with van der Waals surface area (Å²) >= 11 is 0. The highest BCUT2D eigenvalue weighted by atomic mass is 16.5. The van der Waals surface area contributed by atoms with E-state index in [1.807, 2.05) is 30.3 Å². The van der Waals surface area contributed by atoms with Gasteiger partial charge in [-0.1, -0.05) is 24.3 Å². The second-order valence-corrected chi connectivity index (χ2v) is 9.87. The molecule has 0 radical (unpaired) electrons. The fourth-order valence-corrected chi connectivity index (χ4v) is 6.88. The molecule has 5 nitrogen and oxygen atoms in total. The Hall–Kier alpha value is -2.43. The number of rotatable bonds is 5. The highest BCUT2D eigenvalue weighted by Gasteiger charge is 2.54. The SMILES string of the molecule is CC(=O)N1C=Cc2ccccc2[C@@H]1CC(=O)OCC(=O)C12CC3CC(CC(C3)C1)C2. The van der Waals surface area contributed by atoms with Crippen molar-refractivity contribution in [3.05, 3.63) is 41.6 Å². The van der Waals surface area contributed by atoms with Gasteiger partial charge in [-0.15, -0.1) is 0 Å². The molecule has 1 heterocycles. The molecule has 1 aliphatic heterocycles. The quantitative estimate of drug-likeness (QED) is 0.684. The highest BCUT2D eigenvalue weighted by molar-refractivity contribution is 5.88. The largest absolute Gasteiger partial charge is 0.458 e. The average molecular weight is 408 g/mol. The van der Waals surface area contributed by atoms with Crippen LogP contribution in [-0.2, 0) is 19.1 Å². The first-order chi connectivity index (χ1) is 14.4. The smallest absolute Gasteiger partial charge is 0.308 e. The Morgan fingerprint density at radius 1 is 1.03 bits per heavy atom. The van der Waals surface area contributed by atoms with E-state index in [-0.39, 0.29) is 30.1 Å². The molecule has 1 atom stereocenters. The number of hydrogen-bond donors (Lipinski definition) is 0. The fourth-order valence-electron chi connectivity index (χ4n) is 6.88. The van der Waals surface area contributed by atoms with Gasteiger partial charge < -0.3 is 9.64 Å². The van der Waals surface area contributed by atoms with Crippen molar-refractivity contribution in [2.24, 2.45) is 23.2 Å². The lowest BCUT2D eigenvalue weighted by atomic mass is 9.48. The number of hydrogen-bond acceptors (Lipinski definition) is 4. The summed E-state index contributed by atoms with van der Waals surface area (Å²) in [5, 5.41) is 0. The first-order valence-corrected chi connectivity index (χ1v) is 11.2. The molecule has 4 fully saturated rings. The zero-order valence-corrected chi connectivity index (χ0v) is 17.5. The summed E-state index contributed by atoms with van der Waals surface area (Å²) in [6.07, 6.45) is 10.4. The number of benzene rings is 1. The molecule has 6 rings (SSSR count). The van der Waals surface area contributed by atoms with Crippen molar-refractivity contribution in [3.63, 3.8) is 0 Å². The van der Waals surface area contributed by atoms with Crippen molar-refractivity contribution in [1.82, 2.24) is 4.90 Å². The Kier molecular flexibility index (Phi) is 4.79. The van der Waals surface area contributed by atoms with Crippen LogP contribution in [0.25, 0.3) is 6.08 Å². The first kappa shape index (κ1) is 19.5. The van der Waals surface area contributed by atoms with Crippen molar-refractivity contribution in [2.75, 3.05) is 6.61 Å².